The van der Waals surface area contributed by atoms with Crippen molar-refractivity contribution in [1.82, 2.24) is 50.0 Å². The second-order valence-corrected chi connectivity index (χ2v) is 13.9. The number of imidazole rings is 1. The average molecular weight is 766 g/mol. The predicted molar refractivity (Wildman–Crippen MR) is 208 cm³/mol. The number of benzene rings is 2. The first-order valence-electron chi connectivity index (χ1n) is 18.3. The molecule has 8 rings (SSSR count). The molecule has 0 unspecified atom stereocenters. The van der Waals surface area contributed by atoms with Gasteiger partial charge in [-0.1, -0.05) is 73.7 Å². The van der Waals surface area contributed by atoms with E-state index in [2.05, 4.69) is 60.2 Å². The summed E-state index contributed by atoms with van der Waals surface area (Å²) in [5, 5.41) is 41.6. The van der Waals surface area contributed by atoms with Gasteiger partial charge in [0.2, 0.25) is 5.95 Å². The summed E-state index contributed by atoms with van der Waals surface area (Å²) in [6, 6.07) is 22.9. The molecule has 4 aromatic heterocycles. The van der Waals surface area contributed by atoms with Crippen LogP contribution in [0.4, 0.5) is 16.6 Å². The molecule has 2 fully saturated rings. The molecule has 1 saturated carbocycles. The van der Waals surface area contributed by atoms with Crippen LogP contribution in [-0.2, 0) is 13.0 Å². The molecule has 6 N–H and O–H groups in total. The lowest BCUT2D eigenvalue weighted by atomic mass is 9.91. The van der Waals surface area contributed by atoms with Gasteiger partial charge >= 0.3 is 6.03 Å². The standard InChI is InChI=1S/C38H43N13O3.ClH/c1-2-31-46-48-51(47-31)30-18-29(33(52)34(30)53)50-22-43-32-35(41-19-27(23-10-5-3-6-11-23)24-12-7-4-8-13-24)44-38(45-36(32)50)49-17-15-25(21-49)26-14-9-16-40-28(26)20-42-37(39)54;/h3-14,16,22,25,27,29-30,33-34,52-53H,2,15,17-21H2,1H3,(H3,39,42,54)(H,41,44,45);1H/t25-,29+,30-,33-,34+;/m0./s1. The largest absolute Gasteiger partial charge is 0.388 e. The van der Waals surface area contributed by atoms with Crippen LogP contribution in [0.5, 0.6) is 0 Å². The number of fused-ring (bicyclic) bond motifs is 1. The Morgan fingerprint density at radius 3 is 2.38 bits per heavy atom. The summed E-state index contributed by atoms with van der Waals surface area (Å²) in [5.74, 6) is 1.78. The summed E-state index contributed by atoms with van der Waals surface area (Å²) in [5.41, 5.74) is 10.6. The summed E-state index contributed by atoms with van der Waals surface area (Å²) in [6.45, 7) is 4.01. The lowest BCUT2D eigenvalue weighted by Crippen LogP contribution is -2.31. The highest BCUT2D eigenvalue weighted by molar-refractivity contribution is 5.85. The number of amides is 2. The van der Waals surface area contributed by atoms with Gasteiger partial charge in [0.25, 0.3) is 0 Å². The van der Waals surface area contributed by atoms with Crippen molar-refractivity contribution in [3.63, 3.8) is 0 Å². The molecule has 17 heteroatoms. The summed E-state index contributed by atoms with van der Waals surface area (Å²) in [6.07, 6.45) is 2.89. The third kappa shape index (κ3) is 7.65. The van der Waals surface area contributed by atoms with Crippen LogP contribution in [0.3, 0.4) is 0 Å². The van der Waals surface area contributed by atoms with Gasteiger partial charge in [-0.05, 0) is 40.8 Å². The van der Waals surface area contributed by atoms with Gasteiger partial charge in [-0.3, -0.25) is 4.98 Å². The predicted octanol–water partition coefficient (Wildman–Crippen LogP) is 3.51. The second kappa shape index (κ2) is 16.3. The highest BCUT2D eigenvalue weighted by Gasteiger charge is 2.45. The number of rotatable bonds is 12. The number of nitrogens with one attached hydrogen (secondary N) is 2. The maximum absolute atomic E-state index is 11.5. The quantitative estimate of drug-likeness (QED) is 0.121. The zero-order chi connectivity index (χ0) is 37.2. The Balaban J connectivity index is 0.00000465. The number of carbonyl (C=O) groups is 1. The molecule has 0 bridgehead atoms. The molecular formula is C38H44ClN13O3. The minimum atomic E-state index is -1.13. The number of tetrazole rings is 1. The fourth-order valence-corrected chi connectivity index (χ4v) is 7.77. The van der Waals surface area contributed by atoms with E-state index < -0.39 is 30.3 Å². The molecule has 2 aromatic carbocycles. The topological polar surface area (TPSA) is 211 Å². The molecule has 16 nitrogen and oxygen atoms in total. The summed E-state index contributed by atoms with van der Waals surface area (Å²) in [4.78, 5) is 34.6. The Labute approximate surface area is 323 Å². The van der Waals surface area contributed by atoms with Gasteiger partial charge in [0.1, 0.15) is 18.2 Å². The van der Waals surface area contributed by atoms with Crippen LogP contribution >= 0.6 is 12.4 Å². The Morgan fingerprint density at radius 2 is 1.69 bits per heavy atom. The molecule has 6 aromatic rings. The van der Waals surface area contributed by atoms with Gasteiger partial charge in [-0.15, -0.1) is 22.6 Å². The highest BCUT2D eigenvalue weighted by Crippen LogP contribution is 2.40. The van der Waals surface area contributed by atoms with Crippen LogP contribution in [0, 0.1) is 0 Å². The van der Waals surface area contributed by atoms with E-state index in [0.717, 1.165) is 28.8 Å². The van der Waals surface area contributed by atoms with Gasteiger partial charge in [-0.2, -0.15) is 14.8 Å². The Bertz CT molecular complexity index is 2180. The molecule has 286 valence electrons. The number of aliphatic hydroxyl groups is 2. The number of hydrogen-bond donors (Lipinski definition) is 5. The monoisotopic (exact) mass is 765 g/mol. The van der Waals surface area contributed by atoms with E-state index >= 15 is 0 Å². The van der Waals surface area contributed by atoms with Crippen molar-refractivity contribution in [2.45, 2.75) is 68.9 Å². The van der Waals surface area contributed by atoms with Crippen LogP contribution in [-0.4, -0.2) is 92.8 Å². The number of nitrogens with two attached hydrogens (primary N) is 1. The fourth-order valence-electron chi connectivity index (χ4n) is 7.77. The first kappa shape index (κ1) is 37.6. The smallest absolute Gasteiger partial charge is 0.312 e. The summed E-state index contributed by atoms with van der Waals surface area (Å²) < 4.78 is 1.84. The lowest BCUT2D eigenvalue weighted by Gasteiger charge is -2.22. The molecular weight excluding hydrogens is 722 g/mol. The number of anilines is 2. The van der Waals surface area contributed by atoms with E-state index in [0.29, 0.717) is 61.2 Å². The average Bonchev–Trinajstić information content (AvgIpc) is 4.02. The maximum Gasteiger partial charge on any atom is 0.312 e. The second-order valence-electron chi connectivity index (χ2n) is 13.9. The van der Waals surface area contributed by atoms with Crippen molar-refractivity contribution >= 4 is 41.4 Å². The van der Waals surface area contributed by atoms with Gasteiger partial charge < -0.3 is 36.0 Å². The normalized spacial score (nSPS) is 20.9. The number of aromatic nitrogens is 9. The summed E-state index contributed by atoms with van der Waals surface area (Å²) in [7, 11) is 0. The fraction of sp³-hybridized carbons (Fsp3) is 0.368. The summed E-state index contributed by atoms with van der Waals surface area (Å²) >= 11 is 0. The van der Waals surface area contributed by atoms with Gasteiger partial charge in [0, 0.05) is 44.1 Å². The van der Waals surface area contributed by atoms with E-state index in [9.17, 15) is 15.0 Å². The minimum absolute atomic E-state index is 0. The SMILES string of the molecule is CCc1nnn([C@H]2C[C@@H](n3cnc4c(NCC(c5ccccc5)c5ccccc5)nc(N5CC[C@H](c6cccnc6CNC(N)=O)C5)nc43)[C@H](O)[C@@H]2O)n1.Cl. The van der Waals surface area contributed by atoms with E-state index in [1.54, 1.807) is 12.5 Å². The number of nitrogens with zero attached hydrogens (tertiary/aromatic N) is 10. The van der Waals surface area contributed by atoms with Crippen molar-refractivity contribution in [1.29, 1.82) is 0 Å². The minimum Gasteiger partial charge on any atom is -0.388 e. The van der Waals surface area contributed by atoms with Gasteiger partial charge in [0.05, 0.1) is 24.6 Å². The molecule has 2 amide bonds. The first-order valence-corrected chi connectivity index (χ1v) is 18.3. The number of halogens is 1. The van der Waals surface area contributed by atoms with Crippen molar-refractivity contribution in [3.05, 3.63) is 114 Å². The van der Waals surface area contributed by atoms with Gasteiger partial charge in [0.15, 0.2) is 22.8 Å². The zero-order valence-electron chi connectivity index (χ0n) is 30.3. The Hall–Kier alpha value is -5.71. The molecule has 55 heavy (non-hydrogen) atoms. The van der Waals surface area contributed by atoms with Crippen molar-refractivity contribution in [2.24, 2.45) is 5.73 Å². The number of aryl methyl sites for hydroxylation is 1. The number of pyridine rings is 1. The van der Waals surface area contributed by atoms with Crippen LogP contribution in [0.15, 0.2) is 85.3 Å². The van der Waals surface area contributed by atoms with Crippen LogP contribution in [0.25, 0.3) is 11.2 Å². The Kier molecular flexibility index (Phi) is 11.2. The van der Waals surface area contributed by atoms with E-state index in [-0.39, 0.29) is 30.8 Å². The molecule has 2 aliphatic rings. The van der Waals surface area contributed by atoms with Crippen LogP contribution < -0.4 is 21.3 Å². The molecule has 1 saturated heterocycles. The van der Waals surface area contributed by atoms with Crippen LogP contribution in [0.2, 0.25) is 0 Å². The molecule has 5 atom stereocenters. The third-order valence-electron chi connectivity index (χ3n) is 10.6. The van der Waals surface area contributed by atoms with Crippen molar-refractivity contribution < 1.29 is 15.0 Å². The molecule has 1 aliphatic carbocycles. The van der Waals surface area contributed by atoms with E-state index in [1.807, 2.05) is 60.0 Å². The molecule has 1 aliphatic heterocycles. The Morgan fingerprint density at radius 1 is 0.964 bits per heavy atom. The number of hydrogen-bond acceptors (Lipinski definition) is 12. The van der Waals surface area contributed by atoms with Crippen molar-refractivity contribution in [3.8, 4) is 0 Å². The van der Waals surface area contributed by atoms with E-state index in [1.165, 1.54) is 4.80 Å². The first-order chi connectivity index (χ1) is 26.4. The molecule has 0 radical (unpaired) electrons. The van der Waals surface area contributed by atoms with Gasteiger partial charge in [-0.25, -0.2) is 9.78 Å². The third-order valence-corrected chi connectivity index (χ3v) is 10.6. The molecule has 5 heterocycles. The maximum atomic E-state index is 11.5. The number of aliphatic hydroxyl groups excluding tert-OH is 2. The lowest BCUT2D eigenvalue weighted by molar-refractivity contribution is 0.00473. The van der Waals surface area contributed by atoms with E-state index in [4.69, 9.17) is 20.7 Å². The number of carbonyl (C=O) groups excluding carboxylic acids is 1. The van der Waals surface area contributed by atoms with Crippen LogP contribution in [0.1, 0.15) is 71.9 Å². The van der Waals surface area contributed by atoms with Crippen molar-refractivity contribution in [2.75, 3.05) is 29.9 Å². The number of primary amides is 1. The highest BCUT2D eigenvalue weighted by atomic mass is 35.5. The number of urea groups is 1. The molecule has 0 spiro atoms. The zero-order valence-corrected chi connectivity index (χ0v) is 31.1.